The number of thiazole rings is 1. The van der Waals surface area contributed by atoms with Crippen molar-refractivity contribution >= 4 is 35.3 Å². The molecule has 1 heterocycles. The van der Waals surface area contributed by atoms with E-state index in [1.165, 1.54) is 25.4 Å². The van der Waals surface area contributed by atoms with E-state index in [1.807, 2.05) is 44.2 Å². The summed E-state index contributed by atoms with van der Waals surface area (Å²) in [5.41, 5.74) is 0.527. The highest BCUT2D eigenvalue weighted by molar-refractivity contribution is 7.09. The molecule has 41 heavy (non-hydrogen) atoms. The fourth-order valence-corrected chi connectivity index (χ4v) is 5.04. The van der Waals surface area contributed by atoms with Gasteiger partial charge in [0.2, 0.25) is 0 Å². The highest BCUT2D eigenvalue weighted by Crippen LogP contribution is 2.29. The van der Waals surface area contributed by atoms with Crippen molar-refractivity contribution < 1.29 is 33.4 Å². The standard InChI is InChI=1S/C30H43N3O7S/c1-18(2)23(33-29(37)40-30(5,6)7)16-25(39-20(4)34)27-32-24(17-41-27)26(35)31-22(14-19(3)28(36)38-8)15-21-12-10-9-11-13-21/h9-13,17-19,22-23,25H,14-16H2,1-8H3,(H,31,35)(H,33,37)/t19-,22-,23+,25+/m0/s1. The molecule has 4 atom stereocenters. The Morgan fingerprint density at radius 2 is 1.66 bits per heavy atom. The molecule has 0 saturated heterocycles. The van der Waals surface area contributed by atoms with Crippen molar-refractivity contribution in [3.63, 3.8) is 0 Å². The normalized spacial score (nSPS) is 14.4. The number of nitrogens with one attached hydrogen (secondary N) is 2. The summed E-state index contributed by atoms with van der Waals surface area (Å²) in [6, 6.07) is 8.94. The molecule has 2 aromatic rings. The summed E-state index contributed by atoms with van der Waals surface area (Å²) in [7, 11) is 1.34. The number of aromatic nitrogens is 1. The maximum absolute atomic E-state index is 13.3. The van der Waals surface area contributed by atoms with Gasteiger partial charge in [0, 0.05) is 30.8 Å². The highest BCUT2D eigenvalue weighted by atomic mass is 32.1. The van der Waals surface area contributed by atoms with Gasteiger partial charge in [-0.1, -0.05) is 51.1 Å². The minimum absolute atomic E-state index is 0.00106. The molecular weight excluding hydrogens is 546 g/mol. The molecular formula is C30H43N3O7S. The van der Waals surface area contributed by atoms with E-state index < -0.39 is 35.6 Å². The molecule has 2 rings (SSSR count). The first-order valence-electron chi connectivity index (χ1n) is 13.7. The van der Waals surface area contributed by atoms with Crippen LogP contribution in [0.1, 0.15) is 88.5 Å². The monoisotopic (exact) mass is 589 g/mol. The van der Waals surface area contributed by atoms with Crippen LogP contribution in [-0.2, 0) is 30.2 Å². The molecule has 0 aliphatic heterocycles. The number of hydrogen-bond acceptors (Lipinski definition) is 9. The van der Waals surface area contributed by atoms with Crippen molar-refractivity contribution in [2.75, 3.05) is 7.11 Å². The van der Waals surface area contributed by atoms with Crippen molar-refractivity contribution in [2.45, 2.75) is 91.5 Å². The molecule has 0 bridgehead atoms. The molecule has 2 N–H and O–H groups in total. The zero-order chi connectivity index (χ0) is 30.7. The largest absolute Gasteiger partial charge is 0.469 e. The molecule has 10 nitrogen and oxygen atoms in total. The number of methoxy groups -OCH3 is 1. The van der Waals surface area contributed by atoms with Crippen molar-refractivity contribution in [2.24, 2.45) is 11.8 Å². The third-order valence-electron chi connectivity index (χ3n) is 6.21. The second kappa shape index (κ2) is 15.5. The maximum atomic E-state index is 13.3. The molecule has 0 aliphatic rings. The first-order valence-corrected chi connectivity index (χ1v) is 14.6. The quantitative estimate of drug-likeness (QED) is 0.240. The molecule has 1 aromatic carbocycles. The van der Waals surface area contributed by atoms with Gasteiger partial charge in [-0.2, -0.15) is 0 Å². The van der Waals surface area contributed by atoms with Crippen molar-refractivity contribution in [1.82, 2.24) is 15.6 Å². The third-order valence-corrected chi connectivity index (χ3v) is 7.15. The van der Waals surface area contributed by atoms with Crippen LogP contribution in [0.3, 0.4) is 0 Å². The van der Waals surface area contributed by atoms with Crippen LogP contribution in [0, 0.1) is 11.8 Å². The Kier molecular flexibility index (Phi) is 12.8. The van der Waals surface area contributed by atoms with Crippen LogP contribution in [0.4, 0.5) is 4.79 Å². The van der Waals surface area contributed by atoms with Crippen molar-refractivity contribution in [3.05, 3.63) is 52.0 Å². The van der Waals surface area contributed by atoms with Crippen LogP contribution < -0.4 is 10.6 Å². The van der Waals surface area contributed by atoms with Crippen LogP contribution >= 0.6 is 11.3 Å². The molecule has 0 radical (unpaired) electrons. The van der Waals surface area contributed by atoms with Crippen LogP contribution in [0.25, 0.3) is 0 Å². The summed E-state index contributed by atoms with van der Waals surface area (Å²) < 4.78 is 15.8. The smallest absolute Gasteiger partial charge is 0.407 e. The van der Waals surface area contributed by atoms with E-state index >= 15 is 0 Å². The number of amides is 2. The molecule has 226 valence electrons. The highest BCUT2D eigenvalue weighted by Gasteiger charge is 2.29. The summed E-state index contributed by atoms with van der Waals surface area (Å²) in [5.74, 6) is -1.68. The number of carbonyl (C=O) groups excluding carboxylic acids is 4. The maximum Gasteiger partial charge on any atom is 0.407 e. The van der Waals surface area contributed by atoms with Gasteiger partial charge in [0.05, 0.1) is 13.0 Å². The molecule has 0 saturated carbocycles. The van der Waals surface area contributed by atoms with E-state index in [9.17, 15) is 19.2 Å². The van der Waals surface area contributed by atoms with Gasteiger partial charge in [0.1, 0.15) is 16.3 Å². The van der Waals surface area contributed by atoms with E-state index in [-0.39, 0.29) is 36.1 Å². The molecule has 11 heteroatoms. The predicted octanol–water partition coefficient (Wildman–Crippen LogP) is 5.23. The van der Waals surface area contributed by atoms with E-state index in [1.54, 1.807) is 33.1 Å². The van der Waals surface area contributed by atoms with Gasteiger partial charge in [0.15, 0.2) is 6.10 Å². The minimum Gasteiger partial charge on any atom is -0.469 e. The topological polar surface area (TPSA) is 133 Å². The zero-order valence-corrected chi connectivity index (χ0v) is 26.0. The third kappa shape index (κ3) is 11.9. The van der Waals surface area contributed by atoms with Gasteiger partial charge in [-0.15, -0.1) is 11.3 Å². The van der Waals surface area contributed by atoms with Gasteiger partial charge >= 0.3 is 18.0 Å². The van der Waals surface area contributed by atoms with Crippen LogP contribution in [0.15, 0.2) is 35.7 Å². The Bertz CT molecular complexity index is 1160. The van der Waals surface area contributed by atoms with Crippen molar-refractivity contribution in [1.29, 1.82) is 0 Å². The zero-order valence-electron chi connectivity index (χ0n) is 25.2. The first kappa shape index (κ1) is 33.7. The predicted molar refractivity (Wildman–Crippen MR) is 156 cm³/mol. The summed E-state index contributed by atoms with van der Waals surface area (Å²) in [5, 5.41) is 7.91. The Morgan fingerprint density at radius 1 is 1.00 bits per heavy atom. The summed E-state index contributed by atoms with van der Waals surface area (Å²) in [6.45, 7) is 12.3. The van der Waals surface area contributed by atoms with E-state index in [0.29, 0.717) is 17.8 Å². The second-order valence-corrected chi connectivity index (χ2v) is 12.3. The average molecular weight is 590 g/mol. The number of alkyl carbamates (subject to hydrolysis) is 1. The number of nitrogens with zero attached hydrogens (tertiary/aromatic N) is 1. The molecule has 0 unspecified atom stereocenters. The first-order chi connectivity index (χ1) is 19.2. The SMILES string of the molecule is COC(=O)[C@@H](C)C[C@@H](Cc1ccccc1)NC(=O)c1csc([C@@H](C[C@@H](NC(=O)OC(C)(C)C)C(C)C)OC(C)=O)n1. The summed E-state index contributed by atoms with van der Waals surface area (Å²) in [6.07, 6.45) is -0.193. The van der Waals surface area contributed by atoms with Crippen LogP contribution in [-0.4, -0.2) is 53.7 Å². The molecule has 2 amide bonds. The minimum atomic E-state index is -0.777. The molecule has 1 aromatic heterocycles. The van der Waals surface area contributed by atoms with Crippen LogP contribution in [0.5, 0.6) is 0 Å². The van der Waals surface area contributed by atoms with E-state index in [4.69, 9.17) is 14.2 Å². The summed E-state index contributed by atoms with van der Waals surface area (Å²) in [4.78, 5) is 54.2. The number of rotatable bonds is 13. The lowest BCUT2D eigenvalue weighted by Crippen LogP contribution is -2.42. The molecule has 0 fully saturated rings. The number of benzene rings is 1. The second-order valence-electron chi connectivity index (χ2n) is 11.4. The molecule has 0 aliphatic carbocycles. The number of esters is 2. The van der Waals surface area contributed by atoms with Gasteiger partial charge in [-0.25, -0.2) is 9.78 Å². The summed E-state index contributed by atoms with van der Waals surface area (Å²) >= 11 is 1.20. The Morgan fingerprint density at radius 3 is 2.22 bits per heavy atom. The average Bonchev–Trinajstić information content (AvgIpc) is 3.37. The lowest BCUT2D eigenvalue weighted by atomic mass is 9.96. The van der Waals surface area contributed by atoms with Gasteiger partial charge in [-0.3, -0.25) is 14.4 Å². The molecule has 0 spiro atoms. The number of carbonyl (C=O) groups is 4. The Balaban J connectivity index is 2.21. The van der Waals surface area contributed by atoms with Gasteiger partial charge < -0.3 is 24.8 Å². The van der Waals surface area contributed by atoms with E-state index in [0.717, 1.165) is 5.56 Å². The van der Waals surface area contributed by atoms with Gasteiger partial charge in [-0.05, 0) is 45.1 Å². The number of ether oxygens (including phenoxy) is 3. The van der Waals surface area contributed by atoms with Crippen molar-refractivity contribution in [3.8, 4) is 0 Å². The fraction of sp³-hybridized carbons (Fsp3) is 0.567. The van der Waals surface area contributed by atoms with Gasteiger partial charge in [0.25, 0.3) is 5.91 Å². The van der Waals surface area contributed by atoms with E-state index in [2.05, 4.69) is 15.6 Å². The Hall–Kier alpha value is -3.47. The number of hydrogen-bond donors (Lipinski definition) is 2. The fourth-order valence-electron chi connectivity index (χ4n) is 4.20. The lowest BCUT2D eigenvalue weighted by molar-refractivity contribution is -0.147. The van der Waals surface area contributed by atoms with Crippen LogP contribution in [0.2, 0.25) is 0 Å². The lowest BCUT2D eigenvalue weighted by Gasteiger charge is -2.28. The Labute approximate surface area is 246 Å².